The number of carbonyl (C=O) groups is 4. The second-order valence-electron chi connectivity index (χ2n) is 13.3. The van der Waals surface area contributed by atoms with Gasteiger partial charge in [-0.15, -0.1) is 5.10 Å². The van der Waals surface area contributed by atoms with Gasteiger partial charge in [0, 0.05) is 57.0 Å². The van der Waals surface area contributed by atoms with Crippen LogP contribution in [0, 0.1) is 23.1 Å². The number of alkyl halides is 2. The van der Waals surface area contributed by atoms with E-state index in [1.54, 1.807) is 24.0 Å². The minimum atomic E-state index is -3.96. The molecule has 1 aromatic carbocycles. The van der Waals surface area contributed by atoms with Crippen LogP contribution >= 0.6 is 11.5 Å². The Kier molecular flexibility index (Phi) is 12.5. The molecule has 276 valence electrons. The molecule has 5 rings (SSSR count). The number of anilines is 1. The number of likely N-dealkylation sites (N-methyl/N-ethyl adjacent to an activating group) is 1. The number of hydrogen-bond acceptors (Lipinski definition) is 10. The summed E-state index contributed by atoms with van der Waals surface area (Å²) in [6.45, 7) is 3.98. The smallest absolute Gasteiger partial charge is 0.348 e. The summed E-state index contributed by atoms with van der Waals surface area (Å²) in [6.07, 6.45) is 6.14. The number of hydrogen-bond donors (Lipinski definition) is 3. The lowest BCUT2D eigenvalue weighted by molar-refractivity contribution is -0.148. The predicted molar refractivity (Wildman–Crippen MR) is 185 cm³/mol. The van der Waals surface area contributed by atoms with Gasteiger partial charge in [-0.3, -0.25) is 24.2 Å². The van der Waals surface area contributed by atoms with Crippen LogP contribution in [0.25, 0.3) is 0 Å². The fraction of sp³-hybridized carbons (Fsp3) is 0.486. The Morgan fingerprint density at radius 1 is 1.06 bits per heavy atom. The zero-order valence-electron chi connectivity index (χ0n) is 28.8. The standard InChI is InChI=1S/C35H40F3N9O4S/c1-21(31(44-32(49)29-20-41-45-52-29)33(50)47-12-10-46(2)11-13-47)23-8-9-28(26(36)15-23)42-30(48)16-24-6-4-3-5-7-27(24)43-34(51)35(37,38)25-14-22(17-39)18-40-19-25/h8-9,14-15,18-21,24,27,31H,3-7,10-13,16H2,1-2H3,(H,42,48)(H,43,51)(H,44,49)/t21-,24?,27?,31+/m0/s1. The first kappa shape index (κ1) is 38.3. The maximum atomic E-state index is 15.6. The lowest BCUT2D eigenvalue weighted by atomic mass is 9.90. The van der Waals surface area contributed by atoms with E-state index < -0.39 is 58.9 Å². The zero-order valence-corrected chi connectivity index (χ0v) is 29.6. The van der Waals surface area contributed by atoms with Gasteiger partial charge in [0.15, 0.2) is 0 Å². The molecule has 1 saturated heterocycles. The number of amides is 4. The SMILES string of the molecule is C[C@@H](c1ccc(NC(=O)CC2CCCCCC2NC(=O)C(F)(F)c2cncc(C#N)c2)c(F)c1)[C@@H](NC(=O)c1cnns1)C(=O)N1CCN(C)CC1. The molecule has 0 radical (unpaired) electrons. The van der Waals surface area contributed by atoms with Crippen LogP contribution in [0.15, 0.2) is 42.9 Å². The van der Waals surface area contributed by atoms with Crippen molar-refractivity contribution in [1.29, 1.82) is 5.26 Å². The molecule has 0 spiro atoms. The highest BCUT2D eigenvalue weighted by Crippen LogP contribution is 2.32. The number of pyridine rings is 1. The molecule has 2 aliphatic rings. The van der Waals surface area contributed by atoms with Crippen molar-refractivity contribution in [2.45, 2.75) is 69.4 Å². The van der Waals surface area contributed by atoms with Crippen LogP contribution in [0.1, 0.15) is 77.7 Å². The Morgan fingerprint density at radius 2 is 1.81 bits per heavy atom. The molecule has 1 saturated carbocycles. The largest absolute Gasteiger partial charge is 0.351 e. The summed E-state index contributed by atoms with van der Waals surface area (Å²) >= 11 is 0.885. The summed E-state index contributed by atoms with van der Waals surface area (Å²) < 4.78 is 49.6. The van der Waals surface area contributed by atoms with Crippen molar-refractivity contribution in [2.24, 2.45) is 5.92 Å². The molecular weight excluding hydrogens is 700 g/mol. The molecule has 0 bridgehead atoms. The Hall–Kier alpha value is -4.95. The lowest BCUT2D eigenvalue weighted by Gasteiger charge is -2.36. The van der Waals surface area contributed by atoms with Crippen LogP contribution in [-0.4, -0.2) is 93.3 Å². The predicted octanol–water partition coefficient (Wildman–Crippen LogP) is 3.81. The van der Waals surface area contributed by atoms with E-state index in [2.05, 4.69) is 35.4 Å². The normalized spacial score (nSPS) is 19.4. The Morgan fingerprint density at radius 3 is 2.50 bits per heavy atom. The molecular formula is C35H40F3N9O4S. The molecule has 2 unspecified atom stereocenters. The van der Waals surface area contributed by atoms with Gasteiger partial charge in [-0.1, -0.05) is 36.7 Å². The number of carbonyl (C=O) groups excluding carboxylic acids is 4. The third kappa shape index (κ3) is 9.28. The molecule has 2 aromatic heterocycles. The molecule has 52 heavy (non-hydrogen) atoms. The number of piperazine rings is 1. The van der Waals surface area contributed by atoms with Crippen LogP contribution in [0.3, 0.4) is 0 Å². The first-order chi connectivity index (χ1) is 24.9. The molecule has 3 heterocycles. The van der Waals surface area contributed by atoms with Crippen molar-refractivity contribution < 1.29 is 32.3 Å². The summed E-state index contributed by atoms with van der Waals surface area (Å²) in [5.74, 6) is -8.83. The second-order valence-corrected chi connectivity index (χ2v) is 14.1. The minimum Gasteiger partial charge on any atom is -0.348 e. The average Bonchev–Trinajstić information content (AvgIpc) is 3.60. The van der Waals surface area contributed by atoms with Crippen LogP contribution in [0.2, 0.25) is 0 Å². The van der Waals surface area contributed by atoms with Gasteiger partial charge in [-0.2, -0.15) is 14.0 Å². The molecule has 1 aliphatic carbocycles. The monoisotopic (exact) mass is 739 g/mol. The number of aromatic nitrogens is 3. The van der Waals surface area contributed by atoms with Crippen LogP contribution in [0.4, 0.5) is 18.9 Å². The summed E-state index contributed by atoms with van der Waals surface area (Å²) in [6, 6.07) is 5.03. The van der Waals surface area contributed by atoms with Gasteiger partial charge in [0.2, 0.25) is 11.8 Å². The summed E-state index contributed by atoms with van der Waals surface area (Å²) in [7, 11) is 1.95. The van der Waals surface area contributed by atoms with E-state index in [-0.39, 0.29) is 28.5 Å². The van der Waals surface area contributed by atoms with Crippen molar-refractivity contribution in [3.63, 3.8) is 0 Å². The van der Waals surface area contributed by atoms with Gasteiger partial charge in [0.05, 0.1) is 23.0 Å². The first-order valence-corrected chi connectivity index (χ1v) is 17.8. The minimum absolute atomic E-state index is 0.112. The Labute approximate surface area is 303 Å². The molecule has 3 aromatic rings. The van der Waals surface area contributed by atoms with E-state index in [9.17, 15) is 19.2 Å². The highest BCUT2D eigenvalue weighted by atomic mass is 32.1. The molecule has 4 amide bonds. The molecule has 17 heteroatoms. The van der Waals surface area contributed by atoms with Gasteiger partial charge in [-0.25, -0.2) is 4.39 Å². The van der Waals surface area contributed by atoms with Crippen molar-refractivity contribution in [2.75, 3.05) is 38.5 Å². The maximum absolute atomic E-state index is 15.6. The van der Waals surface area contributed by atoms with E-state index in [0.717, 1.165) is 42.8 Å². The molecule has 2 fully saturated rings. The van der Waals surface area contributed by atoms with Crippen molar-refractivity contribution in [3.05, 3.63) is 70.2 Å². The maximum Gasteiger partial charge on any atom is 0.351 e. The molecule has 4 atom stereocenters. The Balaban J connectivity index is 1.26. The first-order valence-electron chi connectivity index (χ1n) is 17.1. The summed E-state index contributed by atoms with van der Waals surface area (Å²) in [4.78, 5) is 60.4. The summed E-state index contributed by atoms with van der Waals surface area (Å²) in [5.41, 5.74) is -0.532. The zero-order chi connectivity index (χ0) is 37.4. The van der Waals surface area contributed by atoms with Crippen molar-refractivity contribution in [3.8, 4) is 6.07 Å². The van der Waals surface area contributed by atoms with Gasteiger partial charge >= 0.3 is 5.92 Å². The lowest BCUT2D eigenvalue weighted by Crippen LogP contribution is -2.55. The fourth-order valence-corrected chi connectivity index (χ4v) is 6.95. The number of benzene rings is 1. The molecule has 3 N–H and O–H groups in total. The van der Waals surface area contributed by atoms with Crippen LogP contribution in [-0.2, 0) is 20.3 Å². The van der Waals surface area contributed by atoms with E-state index >= 15 is 13.2 Å². The number of rotatable bonds is 11. The second kappa shape index (κ2) is 17.0. The van der Waals surface area contributed by atoms with E-state index in [1.165, 1.54) is 18.3 Å². The average molecular weight is 740 g/mol. The van der Waals surface area contributed by atoms with Crippen molar-refractivity contribution in [1.82, 2.24) is 35.0 Å². The molecule has 1 aliphatic heterocycles. The number of halogens is 3. The highest BCUT2D eigenvalue weighted by molar-refractivity contribution is 7.07. The van der Waals surface area contributed by atoms with Crippen LogP contribution < -0.4 is 16.0 Å². The number of nitriles is 1. The quantitative estimate of drug-likeness (QED) is 0.247. The van der Waals surface area contributed by atoms with E-state index in [4.69, 9.17) is 5.26 Å². The van der Waals surface area contributed by atoms with Gasteiger partial charge in [0.25, 0.3) is 11.8 Å². The van der Waals surface area contributed by atoms with Crippen molar-refractivity contribution >= 4 is 40.8 Å². The number of nitrogens with zero attached hydrogens (tertiary/aromatic N) is 6. The highest BCUT2D eigenvalue weighted by Gasteiger charge is 2.43. The van der Waals surface area contributed by atoms with Gasteiger partial charge in [-0.05, 0) is 61.1 Å². The van der Waals surface area contributed by atoms with Crippen LogP contribution in [0.5, 0.6) is 0 Å². The third-order valence-electron chi connectivity index (χ3n) is 9.68. The van der Waals surface area contributed by atoms with Gasteiger partial charge in [0.1, 0.15) is 22.8 Å². The fourth-order valence-electron chi connectivity index (χ4n) is 6.53. The third-order valence-corrected chi connectivity index (χ3v) is 10.3. The topological polar surface area (TPSA) is 173 Å². The van der Waals surface area contributed by atoms with E-state index in [0.29, 0.717) is 51.0 Å². The van der Waals surface area contributed by atoms with E-state index in [1.807, 2.05) is 7.05 Å². The number of nitrogens with one attached hydrogen (secondary N) is 3. The van der Waals surface area contributed by atoms with Gasteiger partial charge < -0.3 is 25.8 Å². The Bertz CT molecular complexity index is 1800. The summed E-state index contributed by atoms with van der Waals surface area (Å²) in [5, 5.41) is 20.5. The molecule has 13 nitrogen and oxygen atoms in total.